The van der Waals surface area contributed by atoms with Crippen LogP contribution in [-0.2, 0) is 16.1 Å². The van der Waals surface area contributed by atoms with E-state index < -0.39 is 5.54 Å². The molecule has 154 valence electrons. The van der Waals surface area contributed by atoms with Crippen LogP contribution >= 0.6 is 0 Å². The Morgan fingerprint density at radius 2 is 1.97 bits per heavy atom. The fourth-order valence-corrected chi connectivity index (χ4v) is 4.40. The number of carbonyl (C=O) groups is 3. The van der Waals surface area contributed by atoms with Crippen LogP contribution in [0.2, 0.25) is 0 Å². The zero-order valence-corrected chi connectivity index (χ0v) is 16.7. The van der Waals surface area contributed by atoms with Crippen molar-refractivity contribution in [1.29, 1.82) is 0 Å². The van der Waals surface area contributed by atoms with Crippen LogP contribution in [0.3, 0.4) is 0 Å². The van der Waals surface area contributed by atoms with E-state index in [1.807, 2.05) is 28.8 Å². The van der Waals surface area contributed by atoms with Crippen LogP contribution in [0.1, 0.15) is 51.9 Å². The highest BCUT2D eigenvalue weighted by Crippen LogP contribution is 2.35. The van der Waals surface area contributed by atoms with E-state index >= 15 is 0 Å². The van der Waals surface area contributed by atoms with Gasteiger partial charge >= 0.3 is 6.03 Å². The normalized spacial score (nSPS) is 18.0. The number of nitrogens with one attached hydrogen (secondary N) is 2. The summed E-state index contributed by atoms with van der Waals surface area (Å²) in [6.07, 6.45) is 4.91. The molecule has 0 atom stereocenters. The van der Waals surface area contributed by atoms with Crippen LogP contribution in [-0.4, -0.2) is 44.4 Å². The molecule has 2 N–H and O–H groups in total. The van der Waals surface area contributed by atoms with Crippen molar-refractivity contribution >= 4 is 34.8 Å². The van der Waals surface area contributed by atoms with E-state index in [0.29, 0.717) is 25.2 Å². The van der Waals surface area contributed by atoms with E-state index in [-0.39, 0.29) is 30.8 Å². The Morgan fingerprint density at radius 3 is 2.72 bits per heavy atom. The van der Waals surface area contributed by atoms with Gasteiger partial charge in [0.05, 0.1) is 11.0 Å². The minimum absolute atomic E-state index is 0.134. The Bertz CT molecular complexity index is 945. The molecule has 4 rings (SSSR count). The molecule has 0 radical (unpaired) electrons. The Balaban J connectivity index is 1.35. The van der Waals surface area contributed by atoms with E-state index in [1.54, 1.807) is 0 Å². The molecule has 1 saturated heterocycles. The first kappa shape index (κ1) is 19.4. The van der Waals surface area contributed by atoms with E-state index in [9.17, 15) is 14.4 Å². The minimum Gasteiger partial charge on any atom is -0.323 e. The molecule has 1 aromatic heterocycles. The summed E-state index contributed by atoms with van der Waals surface area (Å²) in [5, 5.41) is 5.76. The highest BCUT2D eigenvalue weighted by Gasteiger charge is 2.52. The number of amides is 4. The number of rotatable bonds is 7. The summed E-state index contributed by atoms with van der Waals surface area (Å²) in [5.74, 6) is 0.239. The number of aryl methyl sites for hydroxylation is 1. The summed E-state index contributed by atoms with van der Waals surface area (Å²) < 4.78 is 2.01. The molecule has 2 fully saturated rings. The molecule has 1 saturated carbocycles. The number of fused-ring (bicyclic) bond motifs is 1. The van der Waals surface area contributed by atoms with Crippen molar-refractivity contribution in [3.63, 3.8) is 0 Å². The first-order valence-electron chi connectivity index (χ1n) is 10.4. The molecule has 8 heteroatoms. The molecular weight excluding hydrogens is 370 g/mol. The third-order valence-corrected chi connectivity index (χ3v) is 5.84. The maximum absolute atomic E-state index is 12.7. The number of imidazole rings is 1. The predicted molar refractivity (Wildman–Crippen MR) is 109 cm³/mol. The fraction of sp³-hybridized carbons (Fsp3) is 0.524. The lowest BCUT2D eigenvalue weighted by Crippen LogP contribution is -2.44. The third kappa shape index (κ3) is 3.59. The number of urea groups is 1. The van der Waals surface area contributed by atoms with Crippen molar-refractivity contribution < 1.29 is 14.4 Å². The van der Waals surface area contributed by atoms with Crippen molar-refractivity contribution in [2.24, 2.45) is 0 Å². The maximum Gasteiger partial charge on any atom is 0.325 e. The maximum atomic E-state index is 12.7. The summed E-state index contributed by atoms with van der Waals surface area (Å²) >= 11 is 0. The molecule has 1 aliphatic heterocycles. The highest BCUT2D eigenvalue weighted by atomic mass is 16.2. The highest BCUT2D eigenvalue weighted by molar-refractivity contribution is 6.07. The van der Waals surface area contributed by atoms with Gasteiger partial charge < -0.3 is 9.88 Å². The molecule has 2 aliphatic rings. The lowest BCUT2D eigenvalue weighted by molar-refractivity contribution is -0.131. The number of imide groups is 1. The zero-order chi connectivity index (χ0) is 20.4. The number of carbonyl (C=O) groups excluding carboxylic acids is 3. The number of anilines is 1. The number of hydrogen-bond acceptors (Lipinski definition) is 4. The average molecular weight is 397 g/mol. The third-order valence-electron chi connectivity index (χ3n) is 5.84. The molecule has 8 nitrogen and oxygen atoms in total. The van der Waals surface area contributed by atoms with Crippen LogP contribution in [0, 0.1) is 0 Å². The van der Waals surface area contributed by atoms with Crippen molar-refractivity contribution in [3.05, 3.63) is 24.3 Å². The molecule has 1 aromatic carbocycles. The second kappa shape index (κ2) is 7.85. The molecule has 0 bridgehead atoms. The lowest BCUT2D eigenvalue weighted by Gasteiger charge is -2.19. The van der Waals surface area contributed by atoms with Crippen LogP contribution < -0.4 is 10.6 Å². The fourth-order valence-electron chi connectivity index (χ4n) is 4.40. The van der Waals surface area contributed by atoms with Crippen molar-refractivity contribution in [2.75, 3.05) is 11.9 Å². The van der Waals surface area contributed by atoms with E-state index in [2.05, 4.69) is 22.5 Å². The van der Waals surface area contributed by atoms with Gasteiger partial charge in [0, 0.05) is 19.5 Å². The molecule has 29 heavy (non-hydrogen) atoms. The van der Waals surface area contributed by atoms with Gasteiger partial charge in [-0.05, 0) is 37.8 Å². The molecule has 1 aliphatic carbocycles. The quantitative estimate of drug-likeness (QED) is 0.702. The number of hydrogen-bond donors (Lipinski definition) is 2. The van der Waals surface area contributed by atoms with Gasteiger partial charge in [0.25, 0.3) is 5.91 Å². The molecule has 1 spiro atoms. The second-order valence-electron chi connectivity index (χ2n) is 7.90. The smallest absolute Gasteiger partial charge is 0.323 e. The van der Waals surface area contributed by atoms with Crippen molar-refractivity contribution in [2.45, 2.75) is 64.0 Å². The SMILES string of the molecule is CCCn1c(NC(=O)CCCN2C(=O)NC3(CCCC3)C2=O)nc2ccccc21. The van der Waals surface area contributed by atoms with Crippen LogP contribution in [0.25, 0.3) is 11.0 Å². The first-order valence-corrected chi connectivity index (χ1v) is 10.4. The van der Waals surface area contributed by atoms with E-state index in [0.717, 1.165) is 36.8 Å². The number of benzene rings is 1. The zero-order valence-electron chi connectivity index (χ0n) is 16.7. The predicted octanol–water partition coefficient (Wildman–Crippen LogP) is 3.03. The van der Waals surface area contributed by atoms with Gasteiger partial charge in [0.15, 0.2) is 0 Å². The minimum atomic E-state index is -0.690. The summed E-state index contributed by atoms with van der Waals surface area (Å²) in [5.41, 5.74) is 1.15. The summed E-state index contributed by atoms with van der Waals surface area (Å²) in [6, 6.07) is 7.46. The molecule has 2 aromatic rings. The topological polar surface area (TPSA) is 96.3 Å². The standard InChI is InChI=1S/C21H27N5O3/c1-2-13-25-16-9-4-3-8-15(16)22-19(25)23-17(27)10-7-14-26-18(28)21(24-20(26)29)11-5-6-12-21/h3-4,8-9H,2,5-7,10-14H2,1H3,(H,24,29)(H,22,23,27). The monoisotopic (exact) mass is 397 g/mol. The Hall–Kier alpha value is -2.90. The van der Waals surface area contributed by atoms with Gasteiger partial charge in [0.2, 0.25) is 11.9 Å². The Labute approximate surface area is 169 Å². The van der Waals surface area contributed by atoms with Gasteiger partial charge in [-0.2, -0.15) is 0 Å². The van der Waals surface area contributed by atoms with Crippen LogP contribution in [0.15, 0.2) is 24.3 Å². The molecule has 4 amide bonds. The van der Waals surface area contributed by atoms with Gasteiger partial charge in [0.1, 0.15) is 5.54 Å². The first-order chi connectivity index (χ1) is 14.0. The molecule has 0 unspecified atom stereocenters. The Kier molecular flexibility index (Phi) is 5.25. The average Bonchev–Trinajstić information content (AvgIpc) is 3.36. The van der Waals surface area contributed by atoms with Crippen LogP contribution in [0.5, 0.6) is 0 Å². The van der Waals surface area contributed by atoms with Gasteiger partial charge in [-0.1, -0.05) is 31.9 Å². The molecule has 2 heterocycles. The van der Waals surface area contributed by atoms with Crippen LogP contribution in [0.4, 0.5) is 10.7 Å². The van der Waals surface area contributed by atoms with Gasteiger partial charge in [-0.3, -0.25) is 19.8 Å². The van der Waals surface area contributed by atoms with Gasteiger partial charge in [-0.25, -0.2) is 9.78 Å². The summed E-state index contributed by atoms with van der Waals surface area (Å²) in [7, 11) is 0. The van der Waals surface area contributed by atoms with E-state index in [4.69, 9.17) is 0 Å². The van der Waals surface area contributed by atoms with Crippen molar-refractivity contribution in [1.82, 2.24) is 19.8 Å². The summed E-state index contributed by atoms with van der Waals surface area (Å²) in [6.45, 7) is 3.10. The number of aromatic nitrogens is 2. The van der Waals surface area contributed by atoms with Gasteiger partial charge in [-0.15, -0.1) is 0 Å². The lowest BCUT2D eigenvalue weighted by atomic mass is 9.98. The largest absolute Gasteiger partial charge is 0.325 e. The van der Waals surface area contributed by atoms with E-state index in [1.165, 1.54) is 4.90 Å². The van der Waals surface area contributed by atoms with Crippen molar-refractivity contribution in [3.8, 4) is 0 Å². The summed E-state index contributed by atoms with van der Waals surface area (Å²) in [4.78, 5) is 43.1. The Morgan fingerprint density at radius 1 is 1.21 bits per heavy atom. The number of nitrogens with zero attached hydrogens (tertiary/aromatic N) is 3. The number of para-hydroxylation sites is 2. The second-order valence-corrected chi connectivity index (χ2v) is 7.90. The molecular formula is C21H27N5O3.